The highest BCUT2D eigenvalue weighted by molar-refractivity contribution is 5.88. The van der Waals surface area contributed by atoms with Crippen molar-refractivity contribution in [1.29, 1.82) is 0 Å². The van der Waals surface area contributed by atoms with Gasteiger partial charge >= 0.3 is 11.9 Å². The zero-order valence-electron chi connectivity index (χ0n) is 17.3. The number of hydrogen-bond acceptors (Lipinski definition) is 6. The minimum atomic E-state index is -0.782. The summed E-state index contributed by atoms with van der Waals surface area (Å²) in [6.45, 7) is 9.53. The molecule has 0 unspecified atom stereocenters. The summed E-state index contributed by atoms with van der Waals surface area (Å²) in [4.78, 5) is 24.6. The second-order valence-corrected chi connectivity index (χ2v) is 6.73. The van der Waals surface area contributed by atoms with Gasteiger partial charge in [0.25, 0.3) is 0 Å². The van der Waals surface area contributed by atoms with Crippen molar-refractivity contribution in [2.75, 3.05) is 7.11 Å². The quantitative estimate of drug-likeness (QED) is 0.516. The molecule has 28 heavy (non-hydrogen) atoms. The molecule has 1 aromatic carbocycles. The van der Waals surface area contributed by atoms with E-state index in [4.69, 9.17) is 18.9 Å². The molecule has 2 atom stereocenters. The van der Waals surface area contributed by atoms with Crippen molar-refractivity contribution in [2.24, 2.45) is 0 Å². The number of esters is 2. The first-order chi connectivity index (χ1) is 13.3. The Morgan fingerprint density at radius 2 is 1.64 bits per heavy atom. The van der Waals surface area contributed by atoms with E-state index in [1.807, 2.05) is 12.1 Å². The van der Waals surface area contributed by atoms with Gasteiger partial charge in [0.1, 0.15) is 11.9 Å². The molecule has 152 valence electrons. The zero-order chi connectivity index (χ0) is 20.8. The van der Waals surface area contributed by atoms with Crippen LogP contribution in [0.25, 0.3) is 0 Å². The van der Waals surface area contributed by atoms with Crippen molar-refractivity contribution in [2.45, 2.75) is 60.0 Å². The molecule has 0 aliphatic carbocycles. The van der Waals surface area contributed by atoms with E-state index in [9.17, 15) is 9.59 Å². The van der Waals surface area contributed by atoms with Crippen LogP contribution in [0.5, 0.6) is 5.75 Å². The van der Waals surface area contributed by atoms with Crippen LogP contribution in [0, 0.1) is 0 Å². The van der Waals surface area contributed by atoms with Crippen LogP contribution in [0.2, 0.25) is 0 Å². The molecule has 6 nitrogen and oxygen atoms in total. The topological polar surface area (TPSA) is 71.1 Å². The van der Waals surface area contributed by atoms with Crippen LogP contribution in [-0.4, -0.2) is 25.2 Å². The molecule has 1 heterocycles. The largest absolute Gasteiger partial charge is 0.496 e. The van der Waals surface area contributed by atoms with Crippen LogP contribution in [0.3, 0.4) is 0 Å². The van der Waals surface area contributed by atoms with E-state index in [0.717, 1.165) is 11.1 Å². The number of carbonyl (C=O) groups excluding carboxylic acids is 2. The Hall–Kier alpha value is -2.60. The lowest BCUT2D eigenvalue weighted by Crippen LogP contribution is -2.27. The highest BCUT2D eigenvalue weighted by Gasteiger charge is 2.30. The molecule has 1 aliphatic heterocycles. The van der Waals surface area contributed by atoms with E-state index in [2.05, 4.69) is 0 Å². The predicted molar refractivity (Wildman–Crippen MR) is 105 cm³/mol. The molecule has 0 N–H and O–H groups in total. The molecule has 6 heteroatoms. The van der Waals surface area contributed by atoms with E-state index in [1.165, 1.54) is 0 Å². The predicted octanol–water partition coefficient (Wildman–Crippen LogP) is 4.17. The molecule has 0 saturated heterocycles. The van der Waals surface area contributed by atoms with E-state index < -0.39 is 24.1 Å². The molecular formula is C22H28O6. The second-order valence-electron chi connectivity index (χ2n) is 6.73. The standard InChI is InChI=1S/C22H28O6/c1-7-13(3)21(23)27-15(5)20(28-22(24)14(4)8-2)16-9-17-11-26-12-18(17)19(10-16)25-6/h7-10,15,20H,11-12H2,1-6H3/t15-,20+/m0/s1. The highest BCUT2D eigenvalue weighted by Crippen LogP contribution is 2.35. The van der Waals surface area contributed by atoms with Crippen LogP contribution in [0.15, 0.2) is 35.4 Å². The van der Waals surface area contributed by atoms with E-state index in [1.54, 1.807) is 53.9 Å². The third-order valence-corrected chi connectivity index (χ3v) is 4.84. The van der Waals surface area contributed by atoms with Gasteiger partial charge in [-0.05, 0) is 52.3 Å². The fraction of sp³-hybridized carbons (Fsp3) is 0.455. The van der Waals surface area contributed by atoms with E-state index in [0.29, 0.717) is 35.7 Å². The average molecular weight is 388 g/mol. The average Bonchev–Trinajstić information content (AvgIpc) is 3.18. The summed E-state index contributed by atoms with van der Waals surface area (Å²) in [6, 6.07) is 3.73. The number of carbonyl (C=O) groups is 2. The van der Waals surface area contributed by atoms with Crippen molar-refractivity contribution in [3.63, 3.8) is 0 Å². The van der Waals surface area contributed by atoms with Crippen molar-refractivity contribution in [3.05, 3.63) is 52.1 Å². The van der Waals surface area contributed by atoms with Gasteiger partial charge in [0.05, 0.1) is 20.3 Å². The van der Waals surface area contributed by atoms with Crippen LogP contribution >= 0.6 is 0 Å². The Morgan fingerprint density at radius 3 is 2.21 bits per heavy atom. The fourth-order valence-corrected chi connectivity index (χ4v) is 2.83. The zero-order valence-corrected chi connectivity index (χ0v) is 17.3. The molecule has 0 fully saturated rings. The van der Waals surface area contributed by atoms with Crippen LogP contribution in [0.4, 0.5) is 0 Å². The van der Waals surface area contributed by atoms with Crippen LogP contribution < -0.4 is 4.74 Å². The smallest absolute Gasteiger partial charge is 0.334 e. The number of benzene rings is 1. The van der Waals surface area contributed by atoms with Crippen LogP contribution in [-0.2, 0) is 37.0 Å². The second kappa shape index (κ2) is 9.55. The minimum absolute atomic E-state index is 0.449. The summed E-state index contributed by atoms with van der Waals surface area (Å²) in [5.74, 6) is -0.249. The van der Waals surface area contributed by atoms with Gasteiger partial charge in [-0.1, -0.05) is 12.2 Å². The number of fused-ring (bicyclic) bond motifs is 1. The Bertz CT molecular complexity index is 805. The maximum Gasteiger partial charge on any atom is 0.334 e. The van der Waals surface area contributed by atoms with Gasteiger partial charge in [-0.3, -0.25) is 0 Å². The van der Waals surface area contributed by atoms with Crippen molar-refractivity contribution >= 4 is 11.9 Å². The molecule has 1 aliphatic rings. The van der Waals surface area contributed by atoms with Gasteiger partial charge in [-0.2, -0.15) is 0 Å². The molecule has 0 aromatic heterocycles. The molecule has 0 saturated carbocycles. The summed E-state index contributed by atoms with van der Waals surface area (Å²) in [6.07, 6.45) is 1.88. The summed E-state index contributed by atoms with van der Waals surface area (Å²) in [7, 11) is 1.58. The Morgan fingerprint density at radius 1 is 1.04 bits per heavy atom. The van der Waals surface area contributed by atoms with Crippen molar-refractivity contribution in [3.8, 4) is 5.75 Å². The maximum atomic E-state index is 12.4. The SMILES string of the molecule is CC=C(C)C(=O)O[C@@H](C)[C@@H](OC(=O)C(C)=CC)c1cc2c(c(OC)c1)COC2. The van der Waals surface area contributed by atoms with Crippen molar-refractivity contribution < 1.29 is 28.5 Å². The van der Waals surface area contributed by atoms with E-state index >= 15 is 0 Å². The lowest BCUT2D eigenvalue weighted by molar-refractivity contribution is -0.162. The van der Waals surface area contributed by atoms with Gasteiger partial charge in [0.2, 0.25) is 0 Å². The first kappa shape index (κ1) is 21.7. The number of rotatable bonds is 7. The molecule has 0 radical (unpaired) electrons. The summed E-state index contributed by atoms with van der Waals surface area (Å²) in [5, 5.41) is 0. The first-order valence-corrected chi connectivity index (χ1v) is 9.27. The number of allylic oxidation sites excluding steroid dienone is 2. The Labute approximate surface area is 166 Å². The van der Waals surface area contributed by atoms with Crippen LogP contribution in [0.1, 0.15) is 57.4 Å². The third kappa shape index (κ3) is 4.81. The van der Waals surface area contributed by atoms with Crippen molar-refractivity contribution in [1.82, 2.24) is 0 Å². The summed E-state index contributed by atoms with van der Waals surface area (Å²) < 4.78 is 22.3. The third-order valence-electron chi connectivity index (χ3n) is 4.84. The number of hydrogen-bond donors (Lipinski definition) is 0. The van der Waals surface area contributed by atoms with Gasteiger partial charge < -0.3 is 18.9 Å². The summed E-state index contributed by atoms with van der Waals surface area (Å²) >= 11 is 0. The van der Waals surface area contributed by atoms with Gasteiger partial charge in [0, 0.05) is 22.3 Å². The van der Waals surface area contributed by atoms with Gasteiger partial charge in [-0.25, -0.2) is 9.59 Å². The molecular weight excluding hydrogens is 360 g/mol. The normalized spacial score (nSPS) is 16.2. The number of methoxy groups -OCH3 is 1. The molecule has 1 aromatic rings. The summed E-state index contributed by atoms with van der Waals surface area (Å²) in [5.41, 5.74) is 3.61. The first-order valence-electron chi connectivity index (χ1n) is 9.27. The number of ether oxygens (including phenoxy) is 4. The van der Waals surface area contributed by atoms with E-state index in [-0.39, 0.29) is 0 Å². The lowest BCUT2D eigenvalue weighted by Gasteiger charge is -2.26. The Balaban J connectivity index is 2.40. The molecule has 2 rings (SSSR count). The Kier molecular flexibility index (Phi) is 7.40. The lowest BCUT2D eigenvalue weighted by atomic mass is 9.98. The molecule has 0 bridgehead atoms. The highest BCUT2D eigenvalue weighted by atomic mass is 16.6. The molecule has 0 spiro atoms. The maximum absolute atomic E-state index is 12.4. The minimum Gasteiger partial charge on any atom is -0.496 e. The monoisotopic (exact) mass is 388 g/mol. The fourth-order valence-electron chi connectivity index (χ4n) is 2.83. The van der Waals surface area contributed by atoms with Gasteiger partial charge in [0.15, 0.2) is 6.10 Å². The molecule has 0 amide bonds. The van der Waals surface area contributed by atoms with Gasteiger partial charge in [-0.15, -0.1) is 0 Å².